The fraction of sp³-hybridized carbons (Fsp3) is 0.364. The first-order valence-electron chi connectivity index (χ1n) is 4.26. The molecule has 0 saturated carbocycles. The second-order valence-electron chi connectivity index (χ2n) is 3.46. The molecular weight excluding hydrogens is 165 g/mol. The highest BCUT2D eigenvalue weighted by atomic mass is 19.1. The zero-order valence-electron chi connectivity index (χ0n) is 8.06. The summed E-state index contributed by atoms with van der Waals surface area (Å²) in [5.74, 6) is -0.0487. The van der Waals surface area contributed by atoms with E-state index in [0.29, 0.717) is 11.1 Å². The first-order chi connectivity index (χ1) is 6.06. The van der Waals surface area contributed by atoms with E-state index in [9.17, 15) is 4.39 Å². The van der Waals surface area contributed by atoms with Crippen molar-refractivity contribution in [3.63, 3.8) is 0 Å². The van der Waals surface area contributed by atoms with Crippen LogP contribution in [0.15, 0.2) is 12.1 Å². The summed E-state index contributed by atoms with van der Waals surface area (Å²) in [6, 6.07) is 5.14. The second kappa shape index (κ2) is 3.57. The molecule has 0 unspecified atom stereocenters. The van der Waals surface area contributed by atoms with Gasteiger partial charge in [0.15, 0.2) is 0 Å². The molecule has 0 fully saturated rings. The average Bonchev–Trinajstić information content (AvgIpc) is 2.08. The maximum absolute atomic E-state index is 13.1. The van der Waals surface area contributed by atoms with Crippen molar-refractivity contribution in [1.29, 1.82) is 5.26 Å². The average molecular weight is 177 g/mol. The van der Waals surface area contributed by atoms with Gasteiger partial charge < -0.3 is 0 Å². The Morgan fingerprint density at radius 2 is 2.00 bits per heavy atom. The van der Waals surface area contributed by atoms with Gasteiger partial charge in [-0.1, -0.05) is 13.8 Å². The van der Waals surface area contributed by atoms with E-state index in [1.807, 2.05) is 13.8 Å². The molecule has 68 valence electrons. The minimum Gasteiger partial charge on any atom is -0.207 e. The Morgan fingerprint density at radius 3 is 2.46 bits per heavy atom. The van der Waals surface area contributed by atoms with Crippen molar-refractivity contribution >= 4 is 0 Å². The molecule has 0 aliphatic heterocycles. The topological polar surface area (TPSA) is 23.8 Å². The van der Waals surface area contributed by atoms with Gasteiger partial charge in [0.2, 0.25) is 0 Å². The number of rotatable bonds is 1. The minimum atomic E-state index is -0.234. The van der Waals surface area contributed by atoms with Crippen LogP contribution in [0.1, 0.15) is 36.5 Å². The van der Waals surface area contributed by atoms with Gasteiger partial charge in [-0.05, 0) is 36.1 Å². The van der Waals surface area contributed by atoms with Crippen molar-refractivity contribution in [3.8, 4) is 6.07 Å². The van der Waals surface area contributed by atoms with Crippen molar-refractivity contribution in [1.82, 2.24) is 0 Å². The fourth-order valence-electron chi connectivity index (χ4n) is 1.27. The highest BCUT2D eigenvalue weighted by Gasteiger charge is 2.09. The zero-order chi connectivity index (χ0) is 10.0. The largest absolute Gasteiger partial charge is 0.207 e. The Morgan fingerprint density at radius 1 is 1.38 bits per heavy atom. The number of nitriles is 1. The van der Waals surface area contributed by atoms with E-state index in [2.05, 4.69) is 6.07 Å². The van der Waals surface area contributed by atoms with Crippen LogP contribution < -0.4 is 0 Å². The number of hydrogen-bond acceptors (Lipinski definition) is 1. The summed E-state index contributed by atoms with van der Waals surface area (Å²) in [5.41, 5.74) is 1.89. The summed E-state index contributed by atoms with van der Waals surface area (Å²) in [5, 5.41) is 8.81. The molecule has 0 bridgehead atoms. The van der Waals surface area contributed by atoms with Gasteiger partial charge >= 0.3 is 0 Å². The van der Waals surface area contributed by atoms with Crippen LogP contribution in [0.3, 0.4) is 0 Å². The van der Waals surface area contributed by atoms with Gasteiger partial charge in [0.1, 0.15) is 5.82 Å². The van der Waals surface area contributed by atoms with Crippen LogP contribution in [-0.4, -0.2) is 0 Å². The van der Waals surface area contributed by atoms with E-state index in [1.54, 1.807) is 13.0 Å². The Kier molecular flexibility index (Phi) is 2.67. The smallest absolute Gasteiger partial charge is 0.126 e. The molecule has 1 rings (SSSR count). The van der Waals surface area contributed by atoms with E-state index in [-0.39, 0.29) is 11.7 Å². The van der Waals surface area contributed by atoms with E-state index < -0.39 is 0 Å². The van der Waals surface area contributed by atoms with E-state index in [4.69, 9.17) is 5.26 Å². The normalized spacial score (nSPS) is 10.2. The predicted molar refractivity (Wildman–Crippen MR) is 49.9 cm³/mol. The highest BCUT2D eigenvalue weighted by molar-refractivity contribution is 5.42. The van der Waals surface area contributed by atoms with Crippen LogP contribution in [0.25, 0.3) is 0 Å². The summed E-state index contributed by atoms with van der Waals surface area (Å²) >= 11 is 0. The quantitative estimate of drug-likeness (QED) is 0.646. The predicted octanol–water partition coefficient (Wildman–Crippen LogP) is 3.13. The maximum Gasteiger partial charge on any atom is 0.126 e. The summed E-state index contributed by atoms with van der Waals surface area (Å²) in [6.07, 6.45) is 0. The Hall–Kier alpha value is -1.36. The van der Waals surface area contributed by atoms with E-state index >= 15 is 0 Å². The molecule has 2 heteroatoms. The molecule has 0 aromatic heterocycles. The molecule has 1 nitrogen and oxygen atoms in total. The third-order valence-corrected chi connectivity index (χ3v) is 2.07. The van der Waals surface area contributed by atoms with Crippen molar-refractivity contribution in [3.05, 3.63) is 34.6 Å². The van der Waals surface area contributed by atoms with Crippen LogP contribution in [0.2, 0.25) is 0 Å². The lowest BCUT2D eigenvalue weighted by Gasteiger charge is -2.08. The standard InChI is InChI=1S/C11H12FN/c1-7(2)10-5-11(12)8(3)4-9(10)6-13/h4-5,7H,1-3H3. The van der Waals surface area contributed by atoms with Crippen LogP contribution in [0.5, 0.6) is 0 Å². The first-order valence-corrected chi connectivity index (χ1v) is 4.26. The molecule has 13 heavy (non-hydrogen) atoms. The molecule has 0 atom stereocenters. The lowest BCUT2D eigenvalue weighted by molar-refractivity contribution is 0.613. The summed E-state index contributed by atoms with van der Waals surface area (Å²) in [4.78, 5) is 0. The first kappa shape index (κ1) is 9.73. The molecule has 1 aromatic rings. The second-order valence-corrected chi connectivity index (χ2v) is 3.46. The maximum atomic E-state index is 13.1. The molecule has 0 saturated heterocycles. The Labute approximate surface area is 77.8 Å². The lowest BCUT2D eigenvalue weighted by atomic mass is 9.96. The van der Waals surface area contributed by atoms with Gasteiger partial charge in [0.25, 0.3) is 0 Å². The van der Waals surface area contributed by atoms with Gasteiger partial charge in [-0.2, -0.15) is 5.26 Å². The van der Waals surface area contributed by atoms with Gasteiger partial charge in [-0.3, -0.25) is 0 Å². The summed E-state index contributed by atoms with van der Waals surface area (Å²) in [7, 11) is 0. The molecule has 0 radical (unpaired) electrons. The van der Waals surface area contributed by atoms with Crippen molar-refractivity contribution in [2.24, 2.45) is 0 Å². The molecule has 1 aromatic carbocycles. The Bertz CT molecular complexity index is 361. The molecule has 0 amide bonds. The summed E-state index contributed by atoms with van der Waals surface area (Å²) in [6.45, 7) is 5.57. The van der Waals surface area contributed by atoms with E-state index in [0.717, 1.165) is 5.56 Å². The van der Waals surface area contributed by atoms with E-state index in [1.165, 1.54) is 6.07 Å². The molecule has 0 aliphatic rings. The summed E-state index contributed by atoms with van der Waals surface area (Å²) < 4.78 is 13.1. The zero-order valence-corrected chi connectivity index (χ0v) is 8.06. The molecule has 0 spiro atoms. The van der Waals surface area contributed by atoms with Crippen molar-refractivity contribution in [2.45, 2.75) is 26.7 Å². The van der Waals surface area contributed by atoms with Gasteiger partial charge in [-0.25, -0.2) is 4.39 Å². The molecule has 0 aliphatic carbocycles. The van der Waals surface area contributed by atoms with Crippen LogP contribution in [0.4, 0.5) is 4.39 Å². The van der Waals surface area contributed by atoms with Crippen LogP contribution in [-0.2, 0) is 0 Å². The SMILES string of the molecule is Cc1cc(C#N)c(C(C)C)cc1F. The minimum absolute atomic E-state index is 0.185. The van der Waals surface area contributed by atoms with Gasteiger partial charge in [0, 0.05) is 0 Å². The number of hydrogen-bond donors (Lipinski definition) is 0. The van der Waals surface area contributed by atoms with Crippen LogP contribution >= 0.6 is 0 Å². The monoisotopic (exact) mass is 177 g/mol. The number of benzene rings is 1. The van der Waals surface area contributed by atoms with Gasteiger partial charge in [-0.15, -0.1) is 0 Å². The lowest BCUT2D eigenvalue weighted by Crippen LogP contribution is -1.96. The molecule has 0 heterocycles. The van der Waals surface area contributed by atoms with Crippen molar-refractivity contribution in [2.75, 3.05) is 0 Å². The highest BCUT2D eigenvalue weighted by Crippen LogP contribution is 2.22. The van der Waals surface area contributed by atoms with Crippen LogP contribution in [0, 0.1) is 24.1 Å². The third-order valence-electron chi connectivity index (χ3n) is 2.07. The fourth-order valence-corrected chi connectivity index (χ4v) is 1.27. The molecular formula is C11H12FN. The third kappa shape index (κ3) is 1.86. The number of aryl methyl sites for hydroxylation is 1. The van der Waals surface area contributed by atoms with Gasteiger partial charge in [0.05, 0.1) is 11.6 Å². The number of halogens is 1. The molecule has 0 N–H and O–H groups in total. The Balaban J connectivity index is 3.35. The number of nitrogens with zero attached hydrogens (tertiary/aromatic N) is 1. The van der Waals surface area contributed by atoms with Crippen molar-refractivity contribution < 1.29 is 4.39 Å².